The number of nitrogens with two attached hydrogens (primary N) is 1. The monoisotopic (exact) mass is 542 g/mol. The Morgan fingerprint density at radius 1 is 1.21 bits per heavy atom. The van der Waals surface area contributed by atoms with Crippen LogP contribution in [0.3, 0.4) is 0 Å². The Morgan fingerprint density at radius 2 is 1.95 bits per heavy atom. The Labute approximate surface area is 221 Å². The first-order valence-electron chi connectivity index (χ1n) is 12.8. The van der Waals surface area contributed by atoms with Gasteiger partial charge < -0.3 is 24.9 Å². The molecule has 3 unspecified atom stereocenters. The zero-order valence-electron chi connectivity index (χ0n) is 21.5. The molecule has 39 heavy (non-hydrogen) atoms. The number of likely N-dealkylation sites (tertiary alicyclic amines) is 1. The first-order valence-corrected chi connectivity index (χ1v) is 12.8. The highest BCUT2D eigenvalue weighted by atomic mass is 19.4. The lowest BCUT2D eigenvalue weighted by molar-refractivity contribution is -0.137. The number of hydrogen-bond donors (Lipinski definition) is 4. The van der Waals surface area contributed by atoms with Crippen molar-refractivity contribution in [3.05, 3.63) is 63.9 Å². The standard InChI is InChI=1S/C26H29F3N8O2/c1-3-36-10-15-12-37(13-16(15)11-36)23-19(25(27,28)29)6-17(9-31-23)26(30)32-8-14(2)22(35-26)33-18-4-5-21-20(7-18)34-24(38)39-21/h4-9,15-16,32H,3,10-13,30H2,1-2H3,(H,33,35)(H,34,38). The lowest BCUT2D eigenvalue weighted by Crippen LogP contribution is -2.50. The van der Waals surface area contributed by atoms with E-state index in [1.54, 1.807) is 36.2 Å². The Hall–Kier alpha value is -3.84. The third-order valence-electron chi connectivity index (χ3n) is 7.77. The number of pyridine rings is 1. The van der Waals surface area contributed by atoms with Crippen LogP contribution >= 0.6 is 0 Å². The van der Waals surface area contributed by atoms with Crippen LogP contribution in [0.1, 0.15) is 25.0 Å². The van der Waals surface area contributed by atoms with Gasteiger partial charge in [-0.25, -0.2) is 14.8 Å². The van der Waals surface area contributed by atoms with Crippen molar-refractivity contribution in [1.29, 1.82) is 0 Å². The number of nitrogens with zero attached hydrogens (tertiary/aromatic N) is 4. The number of aromatic amines is 1. The van der Waals surface area contributed by atoms with Gasteiger partial charge in [0.1, 0.15) is 11.7 Å². The van der Waals surface area contributed by atoms with Crippen molar-refractivity contribution in [2.75, 3.05) is 42.9 Å². The van der Waals surface area contributed by atoms with E-state index in [1.807, 2.05) is 0 Å². The van der Waals surface area contributed by atoms with Crippen LogP contribution in [0.15, 0.2) is 56.4 Å². The number of H-pyrrole nitrogens is 1. The largest absolute Gasteiger partial charge is 0.419 e. The molecule has 5 N–H and O–H groups in total. The topological polar surface area (TPSA) is 128 Å². The molecule has 3 aliphatic heterocycles. The highest BCUT2D eigenvalue weighted by Crippen LogP contribution is 2.41. The van der Waals surface area contributed by atoms with Gasteiger partial charge in [-0.05, 0) is 49.6 Å². The van der Waals surface area contributed by atoms with Crippen LogP contribution in [0.4, 0.5) is 24.7 Å². The number of anilines is 2. The maximum absolute atomic E-state index is 14.3. The minimum absolute atomic E-state index is 0.0698. The van der Waals surface area contributed by atoms with Crippen LogP contribution in [0, 0.1) is 11.8 Å². The van der Waals surface area contributed by atoms with Gasteiger partial charge in [0.05, 0.1) is 11.1 Å². The quantitative estimate of drug-likeness (QED) is 0.396. The summed E-state index contributed by atoms with van der Waals surface area (Å²) in [4.78, 5) is 27.0. The summed E-state index contributed by atoms with van der Waals surface area (Å²) in [6.07, 6.45) is -1.66. The summed E-state index contributed by atoms with van der Waals surface area (Å²) in [5, 5.41) is 6.05. The molecule has 3 aliphatic rings. The Morgan fingerprint density at radius 3 is 2.64 bits per heavy atom. The second kappa shape index (κ2) is 9.12. The highest BCUT2D eigenvalue weighted by Gasteiger charge is 2.44. The summed E-state index contributed by atoms with van der Waals surface area (Å²) >= 11 is 0. The predicted octanol–water partition coefficient (Wildman–Crippen LogP) is 3.01. The molecule has 0 radical (unpaired) electrons. The molecule has 13 heteroatoms. The van der Waals surface area contributed by atoms with E-state index in [2.05, 4.69) is 37.4 Å². The molecule has 0 spiro atoms. The zero-order valence-corrected chi connectivity index (χ0v) is 21.5. The number of rotatable bonds is 4. The fraction of sp³-hybridized carbons (Fsp3) is 0.423. The van der Waals surface area contributed by atoms with Gasteiger partial charge in [0.2, 0.25) is 5.79 Å². The molecule has 2 fully saturated rings. The molecule has 5 heterocycles. The van der Waals surface area contributed by atoms with Gasteiger partial charge >= 0.3 is 11.9 Å². The zero-order chi connectivity index (χ0) is 27.5. The van der Waals surface area contributed by atoms with E-state index in [1.165, 1.54) is 6.20 Å². The maximum Gasteiger partial charge on any atom is 0.419 e. The Kier molecular flexibility index (Phi) is 5.95. The number of aromatic nitrogens is 2. The van der Waals surface area contributed by atoms with Gasteiger partial charge in [0.15, 0.2) is 5.58 Å². The predicted molar refractivity (Wildman–Crippen MR) is 141 cm³/mol. The van der Waals surface area contributed by atoms with Crippen molar-refractivity contribution in [2.24, 2.45) is 22.6 Å². The first-order chi connectivity index (χ1) is 18.5. The molecular formula is C26H29F3N8O2. The van der Waals surface area contributed by atoms with Gasteiger partial charge in [0, 0.05) is 55.4 Å². The van der Waals surface area contributed by atoms with E-state index >= 15 is 0 Å². The number of fused-ring (bicyclic) bond motifs is 2. The van der Waals surface area contributed by atoms with E-state index in [0.29, 0.717) is 53.1 Å². The third-order valence-corrected chi connectivity index (χ3v) is 7.77. The fourth-order valence-electron chi connectivity index (χ4n) is 5.67. The molecule has 10 nitrogen and oxygen atoms in total. The first kappa shape index (κ1) is 25.4. The van der Waals surface area contributed by atoms with Crippen molar-refractivity contribution >= 4 is 28.4 Å². The van der Waals surface area contributed by atoms with Crippen LogP contribution in [0.25, 0.3) is 11.1 Å². The van der Waals surface area contributed by atoms with Crippen LogP contribution in [0.2, 0.25) is 0 Å². The summed E-state index contributed by atoms with van der Waals surface area (Å²) in [5.41, 5.74) is 7.93. The third kappa shape index (κ3) is 4.65. The van der Waals surface area contributed by atoms with Gasteiger partial charge in [-0.15, -0.1) is 0 Å². The van der Waals surface area contributed by atoms with Gasteiger partial charge in [-0.1, -0.05) is 6.92 Å². The van der Waals surface area contributed by atoms with Crippen LogP contribution < -0.4 is 27.0 Å². The van der Waals surface area contributed by atoms with E-state index in [9.17, 15) is 18.0 Å². The average Bonchev–Trinajstić information content (AvgIpc) is 3.57. The Bertz CT molecular complexity index is 1530. The lowest BCUT2D eigenvalue weighted by atomic mass is 10.0. The van der Waals surface area contributed by atoms with Gasteiger partial charge in [-0.3, -0.25) is 10.7 Å². The number of amidine groups is 1. The average molecular weight is 543 g/mol. The normalized spacial score (nSPS) is 25.4. The molecule has 1 aromatic carbocycles. The smallest absolute Gasteiger partial charge is 0.408 e. The van der Waals surface area contributed by atoms with E-state index in [4.69, 9.17) is 10.2 Å². The van der Waals surface area contributed by atoms with Gasteiger partial charge in [-0.2, -0.15) is 13.2 Å². The SMILES string of the molecule is CCN1CC2CN(c3ncc(C4(N)N=C(Nc5ccc6oc(=O)[nH]c6c5)C(C)=CN4)cc3C(F)(F)F)CC2C1. The molecule has 2 aromatic heterocycles. The van der Waals surface area contributed by atoms with E-state index < -0.39 is 23.3 Å². The number of hydrogen-bond acceptors (Lipinski definition) is 9. The molecular weight excluding hydrogens is 513 g/mol. The Balaban J connectivity index is 1.30. The minimum atomic E-state index is -4.62. The summed E-state index contributed by atoms with van der Waals surface area (Å²) < 4.78 is 47.9. The van der Waals surface area contributed by atoms with Crippen molar-refractivity contribution < 1.29 is 17.6 Å². The van der Waals surface area contributed by atoms with Crippen LogP contribution in [-0.2, 0) is 12.0 Å². The molecule has 0 bridgehead atoms. The summed E-state index contributed by atoms with van der Waals surface area (Å²) in [5.74, 6) is -1.32. The molecule has 3 aromatic rings. The van der Waals surface area contributed by atoms with Crippen LogP contribution in [-0.4, -0.2) is 53.4 Å². The summed E-state index contributed by atoms with van der Waals surface area (Å²) in [6.45, 7) is 7.71. The van der Waals surface area contributed by atoms with E-state index in [0.717, 1.165) is 25.7 Å². The minimum Gasteiger partial charge on any atom is -0.408 e. The summed E-state index contributed by atoms with van der Waals surface area (Å²) in [6, 6.07) is 6.02. The van der Waals surface area contributed by atoms with Crippen molar-refractivity contribution in [3.63, 3.8) is 0 Å². The molecule has 0 aliphatic carbocycles. The van der Waals surface area contributed by atoms with E-state index in [-0.39, 0.29) is 11.4 Å². The van der Waals surface area contributed by atoms with Gasteiger partial charge in [0.25, 0.3) is 0 Å². The number of aliphatic imine (C=N–C) groups is 1. The number of nitrogens with one attached hydrogen (secondary N) is 3. The number of oxazole rings is 1. The molecule has 206 valence electrons. The molecule has 0 amide bonds. The number of alkyl halides is 3. The lowest BCUT2D eigenvalue weighted by Gasteiger charge is -2.32. The number of halogens is 3. The fourth-order valence-corrected chi connectivity index (χ4v) is 5.67. The van der Waals surface area contributed by atoms with Crippen molar-refractivity contribution in [2.45, 2.75) is 25.8 Å². The van der Waals surface area contributed by atoms with Crippen LogP contribution in [0.5, 0.6) is 0 Å². The molecule has 6 rings (SSSR count). The molecule has 2 saturated heterocycles. The maximum atomic E-state index is 14.3. The second-order valence-corrected chi connectivity index (χ2v) is 10.4. The summed E-state index contributed by atoms with van der Waals surface area (Å²) in [7, 11) is 0. The number of benzene rings is 1. The molecule has 3 atom stereocenters. The van der Waals surface area contributed by atoms with Crippen molar-refractivity contribution in [3.8, 4) is 0 Å². The second-order valence-electron chi connectivity index (χ2n) is 10.4. The molecule has 0 saturated carbocycles. The van der Waals surface area contributed by atoms with Crippen molar-refractivity contribution in [1.82, 2.24) is 20.2 Å². The highest BCUT2D eigenvalue weighted by molar-refractivity contribution is 6.08.